The van der Waals surface area contributed by atoms with Gasteiger partial charge in [0.2, 0.25) is 0 Å². The average Bonchev–Trinajstić information content (AvgIpc) is 3.41. The van der Waals surface area contributed by atoms with Crippen molar-refractivity contribution in [1.82, 2.24) is 24.1 Å². The van der Waals surface area contributed by atoms with Gasteiger partial charge < -0.3 is 19.3 Å². The van der Waals surface area contributed by atoms with Crippen molar-refractivity contribution in [3.05, 3.63) is 46.6 Å². The molecule has 1 atom stereocenters. The van der Waals surface area contributed by atoms with Crippen molar-refractivity contribution in [2.45, 2.75) is 45.3 Å². The summed E-state index contributed by atoms with van der Waals surface area (Å²) in [6.45, 7) is 6.87. The summed E-state index contributed by atoms with van der Waals surface area (Å²) in [5.74, 6) is 0.387. The lowest BCUT2D eigenvalue weighted by Crippen LogP contribution is -2.43. The zero-order valence-corrected chi connectivity index (χ0v) is 20.2. The van der Waals surface area contributed by atoms with Gasteiger partial charge in [-0.15, -0.1) is 0 Å². The molecular weight excluding hydrogens is 452 g/mol. The first-order valence-corrected chi connectivity index (χ1v) is 11.6. The van der Waals surface area contributed by atoms with Crippen molar-refractivity contribution < 1.29 is 19.1 Å². The fraction of sp³-hybridized carbons (Fsp3) is 0.458. The van der Waals surface area contributed by atoms with E-state index < -0.39 is 11.6 Å². The first-order chi connectivity index (χ1) is 16.6. The Balaban J connectivity index is 1.41. The van der Waals surface area contributed by atoms with Crippen LogP contribution in [0.5, 0.6) is 5.75 Å². The maximum absolute atomic E-state index is 13.3. The molecule has 0 radical (unpaired) electrons. The summed E-state index contributed by atoms with van der Waals surface area (Å²) in [4.78, 5) is 46.2. The Bertz CT molecular complexity index is 1370. The molecule has 11 nitrogen and oxygen atoms in total. The number of likely N-dealkylation sites (tertiary alicyclic amines) is 1. The number of rotatable bonds is 3. The summed E-state index contributed by atoms with van der Waals surface area (Å²) in [5, 5.41) is 4.25. The second-order valence-electron chi connectivity index (χ2n) is 9.76. The van der Waals surface area contributed by atoms with E-state index in [4.69, 9.17) is 9.47 Å². The fourth-order valence-corrected chi connectivity index (χ4v) is 4.49. The lowest BCUT2D eigenvalue weighted by molar-refractivity contribution is -0.159. The first-order valence-electron chi connectivity index (χ1n) is 11.6. The molecule has 0 bridgehead atoms. The van der Waals surface area contributed by atoms with Crippen molar-refractivity contribution in [1.29, 1.82) is 0 Å². The molecule has 1 amide bonds. The number of pyridine rings is 2. The number of ether oxygens (including phenoxy) is 2. The Morgan fingerprint density at radius 3 is 2.77 bits per heavy atom. The summed E-state index contributed by atoms with van der Waals surface area (Å²) in [6.07, 6.45) is 4.49. The highest BCUT2D eigenvalue weighted by molar-refractivity contribution is 5.97. The Morgan fingerprint density at radius 1 is 1.20 bits per heavy atom. The topological polar surface area (TPSA) is 111 Å². The number of hydrogen-bond donors (Lipinski definition) is 0. The number of carbonyl (C=O) groups excluding carboxylic acids is 2. The van der Waals surface area contributed by atoms with Crippen molar-refractivity contribution in [2.24, 2.45) is 7.05 Å². The fourth-order valence-electron chi connectivity index (χ4n) is 4.49. The van der Waals surface area contributed by atoms with E-state index in [-0.39, 0.29) is 17.6 Å². The summed E-state index contributed by atoms with van der Waals surface area (Å²) in [6, 6.07) is 4.70. The number of hydrogen-bond acceptors (Lipinski definition) is 8. The van der Waals surface area contributed by atoms with Crippen molar-refractivity contribution >= 4 is 29.0 Å². The van der Waals surface area contributed by atoms with Crippen LogP contribution in [0, 0.1) is 0 Å². The van der Waals surface area contributed by atoms with E-state index in [1.807, 2.05) is 37.8 Å². The van der Waals surface area contributed by atoms with Crippen LogP contribution in [0.4, 0.5) is 11.5 Å². The van der Waals surface area contributed by atoms with E-state index in [9.17, 15) is 14.4 Å². The number of amides is 1. The molecule has 0 spiro atoms. The van der Waals surface area contributed by atoms with Crippen LogP contribution in [-0.4, -0.2) is 67.3 Å². The molecule has 5 rings (SSSR count). The maximum atomic E-state index is 13.3. The van der Waals surface area contributed by atoms with Gasteiger partial charge in [-0.3, -0.25) is 9.20 Å². The molecule has 0 N–H and O–H groups in total. The molecule has 2 aliphatic heterocycles. The SMILES string of the molecule is Cn1nc2cc(N3CCOc4cc(C(=O)N5CCC[C@@H]5C(=O)OC(C)(C)C)cnc43)ccn2c1=O. The van der Waals surface area contributed by atoms with Crippen LogP contribution < -0.4 is 15.3 Å². The van der Waals surface area contributed by atoms with Gasteiger partial charge in [0.1, 0.15) is 18.2 Å². The number of esters is 1. The lowest BCUT2D eigenvalue weighted by atomic mass is 10.1. The standard InChI is InChI=1S/C24H28N6O5/c1-24(2,3)35-22(32)17-6-5-8-29(17)21(31)15-12-18-20(25-14-15)28(10-11-34-18)16-7-9-30-19(13-16)26-27(4)23(30)33/h7,9,12-14,17H,5-6,8,10-11H2,1-4H3/t17-/m1/s1. The van der Waals surface area contributed by atoms with Gasteiger partial charge in [0.15, 0.2) is 17.2 Å². The number of anilines is 2. The van der Waals surface area contributed by atoms with Crippen LogP contribution in [0.15, 0.2) is 35.4 Å². The normalized spacial score (nSPS) is 17.9. The van der Waals surface area contributed by atoms with Crippen molar-refractivity contribution in [3.63, 3.8) is 0 Å². The molecule has 0 aromatic carbocycles. The molecule has 5 heterocycles. The Morgan fingerprint density at radius 2 is 2.00 bits per heavy atom. The number of carbonyl (C=O) groups is 2. The highest BCUT2D eigenvalue weighted by Gasteiger charge is 2.38. The summed E-state index contributed by atoms with van der Waals surface area (Å²) >= 11 is 0. The van der Waals surface area contributed by atoms with E-state index in [0.717, 1.165) is 12.1 Å². The molecular formula is C24H28N6O5. The highest BCUT2D eigenvalue weighted by Crippen LogP contribution is 2.36. The van der Waals surface area contributed by atoms with Gasteiger partial charge in [-0.25, -0.2) is 19.3 Å². The molecule has 0 aliphatic carbocycles. The number of nitrogens with zero attached hydrogens (tertiary/aromatic N) is 6. The van der Waals surface area contributed by atoms with E-state index >= 15 is 0 Å². The summed E-state index contributed by atoms with van der Waals surface area (Å²) in [7, 11) is 1.60. The zero-order chi connectivity index (χ0) is 24.9. The lowest BCUT2D eigenvalue weighted by Gasteiger charge is -2.31. The van der Waals surface area contributed by atoms with E-state index in [2.05, 4.69) is 10.1 Å². The van der Waals surface area contributed by atoms with Crippen LogP contribution in [0.25, 0.3) is 5.65 Å². The van der Waals surface area contributed by atoms with Gasteiger partial charge >= 0.3 is 11.7 Å². The molecule has 35 heavy (non-hydrogen) atoms. The summed E-state index contributed by atoms with van der Waals surface area (Å²) in [5.41, 5.74) is 0.848. The quantitative estimate of drug-likeness (QED) is 0.523. The molecule has 0 saturated carbocycles. The summed E-state index contributed by atoms with van der Waals surface area (Å²) < 4.78 is 14.1. The maximum Gasteiger partial charge on any atom is 0.350 e. The zero-order valence-electron chi connectivity index (χ0n) is 20.2. The van der Waals surface area contributed by atoms with Gasteiger partial charge in [0, 0.05) is 37.7 Å². The molecule has 3 aromatic rings. The van der Waals surface area contributed by atoms with Gasteiger partial charge in [0.25, 0.3) is 5.91 Å². The Kier molecular flexibility index (Phi) is 5.49. The third kappa shape index (κ3) is 4.22. The predicted molar refractivity (Wildman–Crippen MR) is 127 cm³/mol. The van der Waals surface area contributed by atoms with Gasteiger partial charge in [-0.2, -0.15) is 5.10 Å². The third-order valence-electron chi connectivity index (χ3n) is 6.07. The van der Waals surface area contributed by atoms with Crippen LogP contribution in [0.1, 0.15) is 44.0 Å². The van der Waals surface area contributed by atoms with Crippen LogP contribution in [0.2, 0.25) is 0 Å². The van der Waals surface area contributed by atoms with Gasteiger partial charge in [-0.1, -0.05) is 0 Å². The second kappa shape index (κ2) is 8.40. The molecule has 11 heteroatoms. The molecule has 2 aliphatic rings. The highest BCUT2D eigenvalue weighted by atomic mass is 16.6. The molecule has 3 aromatic heterocycles. The van der Waals surface area contributed by atoms with Gasteiger partial charge in [-0.05, 0) is 45.7 Å². The van der Waals surface area contributed by atoms with Crippen molar-refractivity contribution in [3.8, 4) is 5.75 Å². The molecule has 1 saturated heterocycles. The Hall–Kier alpha value is -3.89. The van der Waals surface area contributed by atoms with Crippen LogP contribution >= 0.6 is 0 Å². The van der Waals surface area contributed by atoms with Crippen LogP contribution in [-0.2, 0) is 16.6 Å². The minimum atomic E-state index is -0.620. The number of aryl methyl sites for hydroxylation is 1. The molecule has 0 unspecified atom stereocenters. The predicted octanol–water partition coefficient (Wildman–Crippen LogP) is 1.90. The number of aromatic nitrogens is 4. The third-order valence-corrected chi connectivity index (χ3v) is 6.07. The minimum absolute atomic E-state index is 0.221. The van der Waals surface area contributed by atoms with Crippen molar-refractivity contribution in [2.75, 3.05) is 24.6 Å². The molecule has 1 fully saturated rings. The molecule has 184 valence electrons. The Labute approximate surface area is 201 Å². The van der Waals surface area contributed by atoms with E-state index in [1.165, 1.54) is 15.3 Å². The average molecular weight is 481 g/mol. The second-order valence-corrected chi connectivity index (χ2v) is 9.76. The van der Waals surface area contributed by atoms with E-state index in [1.54, 1.807) is 24.2 Å². The van der Waals surface area contributed by atoms with Crippen LogP contribution in [0.3, 0.4) is 0 Å². The smallest absolute Gasteiger partial charge is 0.350 e. The minimum Gasteiger partial charge on any atom is -0.488 e. The first kappa shape index (κ1) is 22.9. The monoisotopic (exact) mass is 480 g/mol. The van der Waals surface area contributed by atoms with E-state index in [0.29, 0.717) is 48.9 Å². The largest absolute Gasteiger partial charge is 0.488 e. The number of fused-ring (bicyclic) bond motifs is 2. The van der Waals surface area contributed by atoms with Gasteiger partial charge in [0.05, 0.1) is 12.1 Å².